The van der Waals surface area contributed by atoms with Gasteiger partial charge in [0.15, 0.2) is 0 Å². The molecule has 1 aliphatic rings. The monoisotopic (exact) mass is 187 g/mol. The number of carboxylic acids is 1. The van der Waals surface area contributed by atoms with Crippen LogP contribution in [0.15, 0.2) is 0 Å². The Hall–Kier alpha value is -1.10. The van der Waals surface area contributed by atoms with Crippen molar-refractivity contribution in [2.45, 2.75) is 25.3 Å². The van der Waals surface area contributed by atoms with Gasteiger partial charge in [-0.2, -0.15) is 0 Å². The number of carboxylic acid groups (broad SMARTS) is 1. The average molecular weight is 187 g/mol. The van der Waals surface area contributed by atoms with Crippen LogP contribution in [-0.4, -0.2) is 36.2 Å². The molecule has 5 heteroatoms. The van der Waals surface area contributed by atoms with Gasteiger partial charge in [-0.3, -0.25) is 9.59 Å². The molecular formula is C8H13NO4. The third kappa shape index (κ3) is 3.89. The van der Waals surface area contributed by atoms with Gasteiger partial charge in [0.05, 0.1) is 12.6 Å². The van der Waals surface area contributed by atoms with Gasteiger partial charge in [-0.1, -0.05) is 0 Å². The van der Waals surface area contributed by atoms with E-state index in [1.54, 1.807) is 0 Å². The Morgan fingerprint density at radius 3 is 2.85 bits per heavy atom. The van der Waals surface area contributed by atoms with E-state index < -0.39 is 18.3 Å². The van der Waals surface area contributed by atoms with Gasteiger partial charge >= 0.3 is 5.97 Å². The van der Waals surface area contributed by atoms with E-state index in [-0.39, 0.29) is 6.04 Å². The van der Waals surface area contributed by atoms with Gasteiger partial charge in [-0.05, 0) is 12.8 Å². The number of carbonyl (C=O) groups excluding carboxylic acids is 1. The zero-order valence-corrected chi connectivity index (χ0v) is 7.28. The van der Waals surface area contributed by atoms with Crippen molar-refractivity contribution in [3.8, 4) is 0 Å². The summed E-state index contributed by atoms with van der Waals surface area (Å²) in [5, 5.41) is 10.9. The molecule has 0 radical (unpaired) electrons. The summed E-state index contributed by atoms with van der Waals surface area (Å²) in [7, 11) is 0. The average Bonchev–Trinajstić information content (AvgIpc) is 2.04. The quantitative estimate of drug-likeness (QED) is 0.598. The second kappa shape index (κ2) is 4.81. The van der Waals surface area contributed by atoms with Crippen LogP contribution in [-0.2, 0) is 14.3 Å². The molecule has 5 nitrogen and oxygen atoms in total. The van der Waals surface area contributed by atoms with E-state index in [1.807, 2.05) is 0 Å². The van der Waals surface area contributed by atoms with Crippen molar-refractivity contribution in [2.75, 3.05) is 13.2 Å². The lowest BCUT2D eigenvalue weighted by Gasteiger charge is -2.22. The highest BCUT2D eigenvalue weighted by Gasteiger charge is 2.17. The number of hydrogen-bond donors (Lipinski definition) is 2. The molecule has 2 N–H and O–H groups in total. The van der Waals surface area contributed by atoms with E-state index in [9.17, 15) is 9.59 Å². The van der Waals surface area contributed by atoms with Crippen LogP contribution >= 0.6 is 0 Å². The molecule has 13 heavy (non-hydrogen) atoms. The Balaban J connectivity index is 2.22. The molecule has 0 aliphatic carbocycles. The Morgan fingerprint density at radius 2 is 2.31 bits per heavy atom. The minimum Gasteiger partial charge on any atom is -0.481 e. The van der Waals surface area contributed by atoms with E-state index in [2.05, 4.69) is 5.32 Å². The molecule has 1 atom stereocenters. The minimum atomic E-state index is -1.10. The number of carbonyl (C=O) groups is 2. The van der Waals surface area contributed by atoms with Gasteiger partial charge in [0.25, 0.3) is 0 Å². The molecule has 0 aromatic heterocycles. The Kier molecular flexibility index (Phi) is 3.70. The summed E-state index contributed by atoms with van der Waals surface area (Å²) in [6, 6.07) is -0.0133. The standard InChI is InChI=1S/C8H13NO4/c10-7(4-8(11)12)9-6-2-1-3-13-5-6/h6H,1-5H2,(H,9,10)(H,11,12). The first-order valence-electron chi connectivity index (χ1n) is 4.27. The van der Waals surface area contributed by atoms with Crippen LogP contribution in [0.2, 0.25) is 0 Å². The Labute approximate surface area is 76.1 Å². The molecule has 1 aliphatic heterocycles. The fourth-order valence-electron chi connectivity index (χ4n) is 1.27. The highest BCUT2D eigenvalue weighted by molar-refractivity contribution is 5.93. The first-order chi connectivity index (χ1) is 6.18. The fourth-order valence-corrected chi connectivity index (χ4v) is 1.27. The highest BCUT2D eigenvalue weighted by atomic mass is 16.5. The van der Waals surface area contributed by atoms with Crippen molar-refractivity contribution in [2.24, 2.45) is 0 Å². The summed E-state index contributed by atoms with van der Waals surface area (Å²) in [5.41, 5.74) is 0. The molecule has 1 fully saturated rings. The largest absolute Gasteiger partial charge is 0.481 e. The second-order valence-electron chi connectivity index (χ2n) is 3.05. The summed E-state index contributed by atoms with van der Waals surface area (Å²) in [6.45, 7) is 1.22. The zero-order chi connectivity index (χ0) is 9.68. The number of rotatable bonds is 3. The van der Waals surface area contributed by atoms with Crippen LogP contribution in [0.1, 0.15) is 19.3 Å². The lowest BCUT2D eigenvalue weighted by molar-refractivity contribution is -0.141. The van der Waals surface area contributed by atoms with Crippen LogP contribution in [0, 0.1) is 0 Å². The summed E-state index contributed by atoms with van der Waals surface area (Å²) >= 11 is 0. The zero-order valence-electron chi connectivity index (χ0n) is 7.28. The number of amides is 1. The normalized spacial score (nSPS) is 22.3. The molecular weight excluding hydrogens is 174 g/mol. The van der Waals surface area contributed by atoms with Crippen LogP contribution < -0.4 is 5.32 Å². The number of aliphatic carboxylic acids is 1. The molecule has 74 valence electrons. The van der Waals surface area contributed by atoms with Gasteiger partial charge in [0.1, 0.15) is 6.42 Å². The van der Waals surface area contributed by atoms with Crippen LogP contribution in [0.25, 0.3) is 0 Å². The summed E-state index contributed by atoms with van der Waals surface area (Å²) in [5.74, 6) is -1.54. The summed E-state index contributed by atoms with van der Waals surface area (Å²) in [4.78, 5) is 21.1. The van der Waals surface area contributed by atoms with E-state index in [0.717, 1.165) is 19.4 Å². The van der Waals surface area contributed by atoms with Crippen molar-refractivity contribution in [1.82, 2.24) is 5.32 Å². The minimum absolute atomic E-state index is 0.0133. The first kappa shape index (κ1) is 9.98. The van der Waals surface area contributed by atoms with Gasteiger partial charge < -0.3 is 15.2 Å². The molecule has 1 amide bonds. The van der Waals surface area contributed by atoms with E-state index in [1.165, 1.54) is 0 Å². The van der Waals surface area contributed by atoms with Crippen molar-refractivity contribution >= 4 is 11.9 Å². The lowest BCUT2D eigenvalue weighted by Crippen LogP contribution is -2.41. The third-order valence-electron chi connectivity index (χ3n) is 1.84. The van der Waals surface area contributed by atoms with Gasteiger partial charge in [-0.15, -0.1) is 0 Å². The van der Waals surface area contributed by atoms with Crippen molar-refractivity contribution < 1.29 is 19.4 Å². The van der Waals surface area contributed by atoms with Gasteiger partial charge in [0.2, 0.25) is 5.91 Å². The van der Waals surface area contributed by atoms with Crippen LogP contribution in [0.4, 0.5) is 0 Å². The number of ether oxygens (including phenoxy) is 1. The molecule has 1 saturated heterocycles. The smallest absolute Gasteiger partial charge is 0.312 e. The SMILES string of the molecule is O=C(O)CC(=O)NC1CCCOC1. The summed E-state index contributed by atoms with van der Waals surface area (Å²) < 4.78 is 5.13. The first-order valence-corrected chi connectivity index (χ1v) is 4.27. The molecule has 0 aromatic carbocycles. The predicted octanol–water partition coefficient (Wildman–Crippen LogP) is -0.244. The lowest BCUT2D eigenvalue weighted by atomic mass is 10.1. The molecule has 1 rings (SSSR count). The maximum atomic E-state index is 11.0. The molecule has 0 saturated carbocycles. The van der Waals surface area contributed by atoms with Crippen LogP contribution in [0.3, 0.4) is 0 Å². The van der Waals surface area contributed by atoms with E-state index >= 15 is 0 Å². The second-order valence-corrected chi connectivity index (χ2v) is 3.05. The van der Waals surface area contributed by atoms with Gasteiger partial charge in [-0.25, -0.2) is 0 Å². The third-order valence-corrected chi connectivity index (χ3v) is 1.84. The molecule has 0 bridgehead atoms. The van der Waals surface area contributed by atoms with Crippen molar-refractivity contribution in [3.63, 3.8) is 0 Å². The maximum absolute atomic E-state index is 11.0. The van der Waals surface area contributed by atoms with Crippen LogP contribution in [0.5, 0.6) is 0 Å². The fraction of sp³-hybridized carbons (Fsp3) is 0.750. The molecule has 1 unspecified atom stereocenters. The molecule has 0 spiro atoms. The maximum Gasteiger partial charge on any atom is 0.312 e. The number of nitrogens with one attached hydrogen (secondary N) is 1. The Bertz CT molecular complexity index is 198. The topological polar surface area (TPSA) is 75.6 Å². The van der Waals surface area contributed by atoms with Crippen molar-refractivity contribution in [3.05, 3.63) is 0 Å². The van der Waals surface area contributed by atoms with Crippen molar-refractivity contribution in [1.29, 1.82) is 0 Å². The predicted molar refractivity (Wildman–Crippen MR) is 44.2 cm³/mol. The molecule has 1 heterocycles. The van der Waals surface area contributed by atoms with E-state index in [4.69, 9.17) is 9.84 Å². The molecule has 0 aromatic rings. The highest BCUT2D eigenvalue weighted by Crippen LogP contribution is 2.05. The number of hydrogen-bond acceptors (Lipinski definition) is 3. The van der Waals surface area contributed by atoms with E-state index in [0.29, 0.717) is 6.61 Å². The summed E-state index contributed by atoms with van der Waals surface area (Å²) in [6.07, 6.45) is 1.32. The van der Waals surface area contributed by atoms with Gasteiger partial charge in [0, 0.05) is 6.61 Å². The Morgan fingerprint density at radius 1 is 1.54 bits per heavy atom.